The second-order valence-corrected chi connectivity index (χ2v) is 4.20. The molecule has 1 aromatic carbocycles. The molecule has 0 aliphatic rings. The molecule has 1 aromatic heterocycles. The molecule has 0 amide bonds. The normalized spacial score (nSPS) is 10.4. The molecule has 0 bridgehead atoms. The van der Waals surface area contributed by atoms with Crippen LogP contribution in [-0.2, 0) is 13.5 Å². The first-order valence-electron chi connectivity index (χ1n) is 5.77. The van der Waals surface area contributed by atoms with Crippen LogP contribution in [0.15, 0.2) is 42.6 Å². The molecule has 0 aliphatic carbocycles. The van der Waals surface area contributed by atoms with E-state index < -0.39 is 0 Å². The average Bonchev–Trinajstić information content (AvgIpc) is 2.31. The molecule has 0 spiro atoms. The van der Waals surface area contributed by atoms with Crippen molar-refractivity contribution in [1.29, 1.82) is 0 Å². The standard InChI is InChI=1S/C15H18N/c1-4-13-9-8-12(2)14(11-13)15-7-5-6-10-16(15)3/h5-11H,4H2,1-3H3/q+1. The molecule has 0 aliphatic heterocycles. The zero-order valence-electron chi connectivity index (χ0n) is 10.2. The minimum atomic E-state index is 1.09. The summed E-state index contributed by atoms with van der Waals surface area (Å²) in [6.07, 6.45) is 3.18. The Hall–Kier alpha value is -1.63. The smallest absolute Gasteiger partial charge is 0.201 e. The van der Waals surface area contributed by atoms with Crippen LogP contribution < -0.4 is 4.57 Å². The van der Waals surface area contributed by atoms with Crippen molar-refractivity contribution in [3.05, 3.63) is 53.7 Å². The van der Waals surface area contributed by atoms with Gasteiger partial charge in [-0.05, 0) is 36.6 Å². The van der Waals surface area contributed by atoms with Crippen LogP contribution in [-0.4, -0.2) is 0 Å². The molecule has 0 unspecified atom stereocenters. The van der Waals surface area contributed by atoms with Crippen LogP contribution in [0.2, 0.25) is 0 Å². The third-order valence-electron chi connectivity index (χ3n) is 3.04. The third-order valence-corrected chi connectivity index (χ3v) is 3.04. The van der Waals surface area contributed by atoms with Crippen LogP contribution in [0.4, 0.5) is 0 Å². The van der Waals surface area contributed by atoms with Gasteiger partial charge in [-0.1, -0.05) is 19.1 Å². The van der Waals surface area contributed by atoms with E-state index in [1.165, 1.54) is 22.4 Å². The maximum atomic E-state index is 2.30. The summed E-state index contributed by atoms with van der Waals surface area (Å²) in [7, 11) is 2.09. The van der Waals surface area contributed by atoms with Gasteiger partial charge in [0.25, 0.3) is 0 Å². The maximum Gasteiger partial charge on any atom is 0.212 e. The summed E-state index contributed by atoms with van der Waals surface area (Å²) in [4.78, 5) is 0. The summed E-state index contributed by atoms with van der Waals surface area (Å²) in [5, 5.41) is 0. The lowest BCUT2D eigenvalue weighted by atomic mass is 10.0. The van der Waals surface area contributed by atoms with Crippen molar-refractivity contribution in [1.82, 2.24) is 0 Å². The van der Waals surface area contributed by atoms with E-state index in [2.05, 4.69) is 68.1 Å². The topological polar surface area (TPSA) is 3.88 Å². The molecule has 0 N–H and O–H groups in total. The highest BCUT2D eigenvalue weighted by molar-refractivity contribution is 5.61. The van der Waals surface area contributed by atoms with Gasteiger partial charge < -0.3 is 0 Å². The maximum absolute atomic E-state index is 2.30. The molecule has 0 radical (unpaired) electrons. The summed E-state index contributed by atoms with van der Waals surface area (Å²) >= 11 is 0. The highest BCUT2D eigenvalue weighted by Gasteiger charge is 2.11. The predicted octanol–water partition coefficient (Wildman–Crippen LogP) is 3.05. The predicted molar refractivity (Wildman–Crippen MR) is 67.2 cm³/mol. The Kier molecular flexibility index (Phi) is 3.04. The fourth-order valence-corrected chi connectivity index (χ4v) is 1.97. The summed E-state index contributed by atoms with van der Waals surface area (Å²) in [5.74, 6) is 0. The highest BCUT2D eigenvalue weighted by atomic mass is 14.9. The van der Waals surface area contributed by atoms with E-state index >= 15 is 0 Å². The van der Waals surface area contributed by atoms with E-state index in [4.69, 9.17) is 0 Å². The van der Waals surface area contributed by atoms with Gasteiger partial charge in [-0.2, -0.15) is 0 Å². The molecule has 82 valence electrons. The van der Waals surface area contributed by atoms with Gasteiger partial charge in [0.15, 0.2) is 6.20 Å². The van der Waals surface area contributed by atoms with Gasteiger partial charge in [0, 0.05) is 17.7 Å². The Bertz CT molecular complexity index is 501. The van der Waals surface area contributed by atoms with Crippen molar-refractivity contribution in [3.8, 4) is 11.3 Å². The van der Waals surface area contributed by atoms with Gasteiger partial charge in [-0.3, -0.25) is 0 Å². The number of rotatable bonds is 2. The van der Waals surface area contributed by atoms with Crippen LogP contribution in [0, 0.1) is 6.92 Å². The summed E-state index contributed by atoms with van der Waals surface area (Å²) in [6.45, 7) is 4.36. The van der Waals surface area contributed by atoms with Gasteiger partial charge in [0.05, 0.1) is 0 Å². The number of aryl methyl sites for hydroxylation is 3. The molecule has 1 nitrogen and oxygen atoms in total. The lowest BCUT2D eigenvalue weighted by molar-refractivity contribution is -0.660. The summed E-state index contributed by atoms with van der Waals surface area (Å²) in [5.41, 5.74) is 5.33. The number of hydrogen-bond donors (Lipinski definition) is 0. The molecule has 1 heterocycles. The quantitative estimate of drug-likeness (QED) is 0.674. The van der Waals surface area contributed by atoms with E-state index in [0.29, 0.717) is 0 Å². The number of hydrogen-bond acceptors (Lipinski definition) is 0. The van der Waals surface area contributed by atoms with E-state index in [1.807, 2.05) is 0 Å². The van der Waals surface area contributed by atoms with Gasteiger partial charge >= 0.3 is 0 Å². The second kappa shape index (κ2) is 4.48. The lowest BCUT2D eigenvalue weighted by Gasteiger charge is -2.06. The van der Waals surface area contributed by atoms with Gasteiger partial charge in [-0.15, -0.1) is 0 Å². The van der Waals surface area contributed by atoms with Crippen molar-refractivity contribution in [2.75, 3.05) is 0 Å². The zero-order valence-corrected chi connectivity index (χ0v) is 10.2. The first-order valence-corrected chi connectivity index (χ1v) is 5.77. The third kappa shape index (κ3) is 1.99. The van der Waals surface area contributed by atoms with Crippen molar-refractivity contribution in [3.63, 3.8) is 0 Å². The van der Waals surface area contributed by atoms with Crippen molar-refractivity contribution in [2.45, 2.75) is 20.3 Å². The van der Waals surface area contributed by atoms with E-state index in [1.54, 1.807) is 0 Å². The molecular weight excluding hydrogens is 194 g/mol. The van der Waals surface area contributed by atoms with Crippen molar-refractivity contribution < 1.29 is 4.57 Å². The van der Waals surface area contributed by atoms with Gasteiger partial charge in [0.2, 0.25) is 5.69 Å². The molecule has 0 fully saturated rings. The van der Waals surface area contributed by atoms with Crippen LogP contribution in [0.3, 0.4) is 0 Å². The van der Waals surface area contributed by atoms with Crippen molar-refractivity contribution >= 4 is 0 Å². The number of aromatic nitrogens is 1. The SMILES string of the molecule is CCc1ccc(C)c(-c2cccc[n+]2C)c1. The second-order valence-electron chi connectivity index (χ2n) is 4.20. The number of nitrogens with zero attached hydrogens (tertiary/aromatic N) is 1. The summed E-state index contributed by atoms with van der Waals surface area (Å²) in [6, 6.07) is 13.0. The molecule has 0 atom stereocenters. The molecule has 0 saturated heterocycles. The Morgan fingerprint density at radius 2 is 1.94 bits per heavy atom. The van der Waals surface area contributed by atoms with Gasteiger partial charge in [-0.25, -0.2) is 4.57 Å². The first-order chi connectivity index (χ1) is 7.72. The van der Waals surface area contributed by atoms with E-state index in [-0.39, 0.29) is 0 Å². The van der Waals surface area contributed by atoms with Gasteiger partial charge in [0.1, 0.15) is 7.05 Å². The zero-order chi connectivity index (χ0) is 11.5. The molecule has 2 rings (SSSR count). The Labute approximate surface area is 97.4 Å². The number of pyridine rings is 1. The molecule has 0 saturated carbocycles. The van der Waals surface area contributed by atoms with Crippen molar-refractivity contribution in [2.24, 2.45) is 7.05 Å². The molecule has 2 aromatic rings. The van der Waals surface area contributed by atoms with Crippen LogP contribution in [0.25, 0.3) is 11.3 Å². The Morgan fingerprint density at radius 3 is 2.62 bits per heavy atom. The summed E-state index contributed by atoms with van der Waals surface area (Å²) < 4.78 is 2.17. The average molecular weight is 212 g/mol. The lowest BCUT2D eigenvalue weighted by Crippen LogP contribution is -2.30. The number of benzene rings is 1. The fraction of sp³-hybridized carbons (Fsp3) is 0.267. The minimum absolute atomic E-state index is 1.09. The highest BCUT2D eigenvalue weighted by Crippen LogP contribution is 2.21. The Morgan fingerprint density at radius 1 is 1.12 bits per heavy atom. The minimum Gasteiger partial charge on any atom is -0.201 e. The van der Waals surface area contributed by atoms with E-state index in [0.717, 1.165) is 6.42 Å². The fourth-order valence-electron chi connectivity index (χ4n) is 1.97. The first kappa shape index (κ1) is 10.9. The van der Waals surface area contributed by atoms with Crippen LogP contribution in [0.5, 0.6) is 0 Å². The molecule has 16 heavy (non-hydrogen) atoms. The molecule has 1 heteroatoms. The van der Waals surface area contributed by atoms with Crippen LogP contribution in [0.1, 0.15) is 18.1 Å². The monoisotopic (exact) mass is 212 g/mol. The van der Waals surface area contributed by atoms with E-state index in [9.17, 15) is 0 Å². The Balaban J connectivity index is 2.59. The largest absolute Gasteiger partial charge is 0.212 e. The van der Waals surface area contributed by atoms with Crippen LogP contribution >= 0.6 is 0 Å². The molecular formula is C15H18N+.